The minimum absolute atomic E-state index is 0.241. The van der Waals surface area contributed by atoms with Crippen LogP contribution in [0.25, 0.3) is 0 Å². The van der Waals surface area contributed by atoms with Gasteiger partial charge in [-0.1, -0.05) is 6.07 Å². The molecule has 0 aliphatic heterocycles. The summed E-state index contributed by atoms with van der Waals surface area (Å²) in [7, 11) is 1.96. The summed E-state index contributed by atoms with van der Waals surface area (Å²) < 4.78 is 5.38. The molecule has 84 valence electrons. The van der Waals surface area contributed by atoms with Crippen LogP contribution in [0.2, 0.25) is 0 Å². The van der Waals surface area contributed by atoms with Crippen molar-refractivity contribution in [2.45, 2.75) is 13.0 Å². The van der Waals surface area contributed by atoms with E-state index in [-0.39, 0.29) is 6.04 Å². The first-order valence-corrected chi connectivity index (χ1v) is 5.91. The van der Waals surface area contributed by atoms with Crippen LogP contribution in [-0.2, 0) is 0 Å². The van der Waals surface area contributed by atoms with Crippen LogP contribution < -0.4 is 4.90 Å². The summed E-state index contributed by atoms with van der Waals surface area (Å²) in [4.78, 5) is 13.8. The molecule has 1 atom stereocenters. The summed E-state index contributed by atoms with van der Waals surface area (Å²) in [5.74, 6) is 1.07. The SMILES string of the molecule is CC(c1cccs1)N(C)c1ccc(C=O)o1. The molecular weight excluding hydrogens is 222 g/mol. The Hall–Kier alpha value is -1.55. The quantitative estimate of drug-likeness (QED) is 0.762. The van der Waals surface area contributed by atoms with Gasteiger partial charge in [-0.2, -0.15) is 0 Å². The van der Waals surface area contributed by atoms with E-state index in [0.29, 0.717) is 17.9 Å². The van der Waals surface area contributed by atoms with Gasteiger partial charge in [0.25, 0.3) is 0 Å². The standard InChI is InChI=1S/C12H13NO2S/c1-9(11-4-3-7-16-11)13(2)12-6-5-10(8-14)15-12/h3-9H,1-2H3. The van der Waals surface area contributed by atoms with E-state index in [0.717, 1.165) is 0 Å². The van der Waals surface area contributed by atoms with Gasteiger partial charge >= 0.3 is 0 Å². The summed E-state index contributed by atoms with van der Waals surface area (Å²) in [5, 5.41) is 2.05. The second-order valence-corrected chi connectivity index (χ2v) is 4.58. The molecule has 0 amide bonds. The van der Waals surface area contributed by atoms with E-state index in [4.69, 9.17) is 4.42 Å². The molecule has 0 saturated carbocycles. The lowest BCUT2D eigenvalue weighted by Crippen LogP contribution is -2.20. The van der Waals surface area contributed by atoms with Gasteiger partial charge in [0.05, 0.1) is 6.04 Å². The maximum atomic E-state index is 10.5. The molecule has 2 aromatic rings. The fraction of sp³-hybridized carbons (Fsp3) is 0.250. The third kappa shape index (κ3) is 2.02. The molecular formula is C12H13NO2S. The molecule has 0 fully saturated rings. The summed E-state index contributed by atoms with van der Waals surface area (Å²) in [5.41, 5.74) is 0. The number of carbonyl (C=O) groups excluding carboxylic acids is 1. The number of nitrogens with zero attached hydrogens (tertiary/aromatic N) is 1. The normalized spacial score (nSPS) is 12.4. The lowest BCUT2D eigenvalue weighted by Gasteiger charge is -2.23. The lowest BCUT2D eigenvalue weighted by atomic mass is 10.2. The third-order valence-corrected chi connectivity index (χ3v) is 3.65. The Morgan fingerprint density at radius 1 is 1.44 bits per heavy atom. The van der Waals surface area contributed by atoms with E-state index in [1.54, 1.807) is 17.4 Å². The van der Waals surface area contributed by atoms with E-state index in [2.05, 4.69) is 18.4 Å². The lowest BCUT2D eigenvalue weighted by molar-refractivity contribution is 0.110. The fourth-order valence-corrected chi connectivity index (χ4v) is 2.33. The largest absolute Gasteiger partial charge is 0.438 e. The Labute approximate surface area is 98.3 Å². The van der Waals surface area contributed by atoms with Crippen LogP contribution in [0.3, 0.4) is 0 Å². The molecule has 0 N–H and O–H groups in total. The number of rotatable bonds is 4. The molecule has 16 heavy (non-hydrogen) atoms. The molecule has 4 heteroatoms. The van der Waals surface area contributed by atoms with Crippen LogP contribution in [0, 0.1) is 0 Å². The third-order valence-electron chi connectivity index (χ3n) is 2.61. The van der Waals surface area contributed by atoms with Crippen molar-refractivity contribution >= 4 is 23.5 Å². The molecule has 0 aliphatic rings. The first-order valence-electron chi connectivity index (χ1n) is 5.03. The maximum Gasteiger partial charge on any atom is 0.196 e. The molecule has 2 aromatic heterocycles. The Morgan fingerprint density at radius 3 is 2.81 bits per heavy atom. The van der Waals surface area contributed by atoms with Crippen LogP contribution in [0.15, 0.2) is 34.1 Å². The van der Waals surface area contributed by atoms with Crippen molar-refractivity contribution in [3.63, 3.8) is 0 Å². The highest BCUT2D eigenvalue weighted by molar-refractivity contribution is 7.10. The zero-order valence-electron chi connectivity index (χ0n) is 9.21. The number of anilines is 1. The second kappa shape index (κ2) is 4.53. The van der Waals surface area contributed by atoms with Gasteiger partial charge in [0.15, 0.2) is 17.9 Å². The summed E-state index contributed by atoms with van der Waals surface area (Å²) in [6, 6.07) is 7.86. The zero-order chi connectivity index (χ0) is 11.5. The van der Waals surface area contributed by atoms with Crippen molar-refractivity contribution in [2.75, 3.05) is 11.9 Å². The van der Waals surface area contributed by atoms with Crippen LogP contribution in [0.4, 0.5) is 5.88 Å². The van der Waals surface area contributed by atoms with Crippen LogP contribution >= 0.6 is 11.3 Å². The smallest absolute Gasteiger partial charge is 0.196 e. The number of aldehydes is 1. The van der Waals surface area contributed by atoms with Crippen molar-refractivity contribution < 1.29 is 9.21 Å². The maximum absolute atomic E-state index is 10.5. The summed E-state index contributed by atoms with van der Waals surface area (Å²) in [6.45, 7) is 2.11. The Bertz CT molecular complexity index is 461. The Kier molecular flexibility index (Phi) is 3.10. The molecule has 0 radical (unpaired) electrons. The zero-order valence-corrected chi connectivity index (χ0v) is 10.0. The van der Waals surface area contributed by atoms with E-state index in [9.17, 15) is 4.79 Å². The minimum atomic E-state index is 0.241. The number of furan rings is 1. The summed E-state index contributed by atoms with van der Waals surface area (Å²) >= 11 is 1.71. The second-order valence-electron chi connectivity index (χ2n) is 3.60. The van der Waals surface area contributed by atoms with Gasteiger partial charge in [-0.15, -0.1) is 11.3 Å². The average Bonchev–Trinajstić information content (AvgIpc) is 2.97. The van der Waals surface area contributed by atoms with E-state index < -0.39 is 0 Å². The van der Waals surface area contributed by atoms with Gasteiger partial charge in [0, 0.05) is 18.0 Å². The average molecular weight is 235 g/mol. The topological polar surface area (TPSA) is 33.5 Å². The first kappa shape index (κ1) is 11.0. The molecule has 1 unspecified atom stereocenters. The first-order chi connectivity index (χ1) is 7.72. The summed E-state index contributed by atoms with van der Waals surface area (Å²) in [6.07, 6.45) is 0.715. The monoisotopic (exact) mass is 235 g/mol. The van der Waals surface area contributed by atoms with Crippen LogP contribution in [0.1, 0.15) is 28.4 Å². The van der Waals surface area contributed by atoms with Crippen molar-refractivity contribution in [1.29, 1.82) is 0 Å². The minimum Gasteiger partial charge on any atom is -0.438 e. The Morgan fingerprint density at radius 2 is 2.25 bits per heavy atom. The predicted molar refractivity (Wildman–Crippen MR) is 65.2 cm³/mol. The molecule has 0 bridgehead atoms. The molecule has 2 heterocycles. The molecule has 0 aliphatic carbocycles. The van der Waals surface area contributed by atoms with Crippen LogP contribution in [-0.4, -0.2) is 13.3 Å². The van der Waals surface area contributed by atoms with Crippen molar-refractivity contribution in [1.82, 2.24) is 0 Å². The number of hydrogen-bond donors (Lipinski definition) is 0. The van der Waals surface area contributed by atoms with E-state index in [1.165, 1.54) is 4.88 Å². The van der Waals surface area contributed by atoms with Gasteiger partial charge < -0.3 is 9.32 Å². The molecule has 0 spiro atoms. The van der Waals surface area contributed by atoms with E-state index >= 15 is 0 Å². The fourth-order valence-electron chi connectivity index (χ4n) is 1.51. The highest BCUT2D eigenvalue weighted by Gasteiger charge is 2.15. The molecule has 0 aromatic carbocycles. The van der Waals surface area contributed by atoms with Gasteiger partial charge in [-0.25, -0.2) is 0 Å². The van der Waals surface area contributed by atoms with E-state index in [1.807, 2.05) is 24.1 Å². The van der Waals surface area contributed by atoms with Gasteiger partial charge in [0.1, 0.15) is 0 Å². The molecule has 0 saturated heterocycles. The highest BCUT2D eigenvalue weighted by Crippen LogP contribution is 2.28. The van der Waals surface area contributed by atoms with Crippen molar-refractivity contribution in [2.24, 2.45) is 0 Å². The molecule has 2 rings (SSSR count). The number of carbonyl (C=O) groups is 1. The highest BCUT2D eigenvalue weighted by atomic mass is 32.1. The number of hydrogen-bond acceptors (Lipinski definition) is 4. The van der Waals surface area contributed by atoms with Crippen LogP contribution in [0.5, 0.6) is 0 Å². The van der Waals surface area contributed by atoms with Crippen molar-refractivity contribution in [3.05, 3.63) is 40.3 Å². The van der Waals surface area contributed by atoms with Gasteiger partial charge in [0.2, 0.25) is 0 Å². The van der Waals surface area contributed by atoms with Gasteiger partial charge in [-0.05, 0) is 24.4 Å². The van der Waals surface area contributed by atoms with Gasteiger partial charge in [-0.3, -0.25) is 4.79 Å². The Balaban J connectivity index is 2.18. The van der Waals surface area contributed by atoms with Crippen molar-refractivity contribution in [3.8, 4) is 0 Å². The predicted octanol–water partition coefficient (Wildman–Crippen LogP) is 3.35. The number of thiophene rings is 1. The molecule has 3 nitrogen and oxygen atoms in total.